The molecule has 1 aromatic heterocycles. The maximum absolute atomic E-state index is 11.7. The Balaban J connectivity index is 2.42. The third-order valence-corrected chi connectivity index (χ3v) is 2.33. The van der Waals surface area contributed by atoms with Gasteiger partial charge in [0.15, 0.2) is 0 Å². The average Bonchev–Trinajstić information content (AvgIpc) is 2.70. The molecule has 16 heavy (non-hydrogen) atoms. The van der Waals surface area contributed by atoms with Crippen molar-refractivity contribution in [1.82, 2.24) is 5.32 Å². The lowest BCUT2D eigenvalue weighted by Gasteiger charge is -2.12. The van der Waals surface area contributed by atoms with E-state index in [1.54, 1.807) is 6.26 Å². The van der Waals surface area contributed by atoms with Crippen LogP contribution in [0, 0.1) is 0 Å². The van der Waals surface area contributed by atoms with Gasteiger partial charge in [0.25, 0.3) is 0 Å². The summed E-state index contributed by atoms with van der Waals surface area (Å²) in [5.74, 6) is 0.894. The van der Waals surface area contributed by atoms with Gasteiger partial charge in [0.1, 0.15) is 5.76 Å². The molecule has 0 aliphatic carbocycles. The molecule has 0 fully saturated rings. The minimum absolute atomic E-state index is 0.000839. The van der Waals surface area contributed by atoms with Gasteiger partial charge < -0.3 is 9.73 Å². The van der Waals surface area contributed by atoms with Crippen LogP contribution in [0.1, 0.15) is 33.0 Å². The third kappa shape index (κ3) is 3.93. The monoisotopic (exact) mass is 221 g/mol. The van der Waals surface area contributed by atoms with Crippen LogP contribution >= 0.6 is 0 Å². The lowest BCUT2D eigenvalue weighted by molar-refractivity contribution is -0.118. The number of carbonyl (C=O) groups excluding carboxylic acids is 1. The van der Waals surface area contributed by atoms with Crippen molar-refractivity contribution < 1.29 is 9.21 Å². The molecule has 0 aliphatic heterocycles. The molecule has 0 saturated heterocycles. The quantitative estimate of drug-likeness (QED) is 0.777. The van der Waals surface area contributed by atoms with E-state index in [1.165, 1.54) is 0 Å². The van der Waals surface area contributed by atoms with Crippen molar-refractivity contribution in [2.75, 3.05) is 0 Å². The number of hydrogen-bond donors (Lipinski definition) is 1. The second-order valence-electron chi connectivity index (χ2n) is 3.95. The molecular weight excluding hydrogens is 202 g/mol. The van der Waals surface area contributed by atoms with Crippen molar-refractivity contribution in [2.24, 2.45) is 0 Å². The van der Waals surface area contributed by atoms with Crippen LogP contribution in [0.5, 0.6) is 0 Å². The lowest BCUT2D eigenvalue weighted by atomic mass is 10.1. The molecule has 1 atom stereocenters. The van der Waals surface area contributed by atoms with Gasteiger partial charge in [0, 0.05) is 18.0 Å². The van der Waals surface area contributed by atoms with Crippen LogP contribution in [0.25, 0.3) is 0 Å². The highest BCUT2D eigenvalue weighted by atomic mass is 16.3. The average molecular weight is 221 g/mol. The van der Waals surface area contributed by atoms with Crippen molar-refractivity contribution in [1.29, 1.82) is 0 Å². The Morgan fingerprint density at radius 1 is 1.62 bits per heavy atom. The molecule has 3 nitrogen and oxygen atoms in total. The SMILES string of the molecule is CC/C=C(\C)C(=O)N[C@@H](C)Cc1ccco1. The largest absolute Gasteiger partial charge is 0.469 e. The molecule has 0 radical (unpaired) electrons. The predicted octanol–water partition coefficient (Wildman–Crippen LogP) is 2.68. The molecule has 1 rings (SSSR count). The van der Waals surface area contributed by atoms with E-state index in [-0.39, 0.29) is 11.9 Å². The van der Waals surface area contributed by atoms with Gasteiger partial charge in [-0.1, -0.05) is 13.0 Å². The maximum Gasteiger partial charge on any atom is 0.246 e. The Bertz CT molecular complexity index is 352. The standard InChI is InChI=1S/C13H19NO2/c1-4-6-10(2)13(15)14-11(3)9-12-7-5-8-16-12/h5-8,11H,4,9H2,1-3H3,(H,14,15)/b10-6+/t11-/m0/s1. The first-order chi connectivity index (χ1) is 7.63. The summed E-state index contributed by atoms with van der Waals surface area (Å²) in [6.07, 6.45) is 5.17. The van der Waals surface area contributed by atoms with Crippen molar-refractivity contribution in [3.63, 3.8) is 0 Å². The molecule has 1 amide bonds. The number of furan rings is 1. The van der Waals surface area contributed by atoms with E-state index < -0.39 is 0 Å². The smallest absolute Gasteiger partial charge is 0.246 e. The molecule has 1 heterocycles. The topological polar surface area (TPSA) is 42.2 Å². The second-order valence-corrected chi connectivity index (χ2v) is 3.95. The van der Waals surface area contributed by atoms with Crippen LogP contribution in [0.15, 0.2) is 34.5 Å². The lowest BCUT2D eigenvalue weighted by Crippen LogP contribution is -2.34. The summed E-state index contributed by atoms with van der Waals surface area (Å²) in [6.45, 7) is 5.82. The molecule has 0 spiro atoms. The Kier molecular flexibility index (Phi) is 4.83. The van der Waals surface area contributed by atoms with Gasteiger partial charge in [-0.2, -0.15) is 0 Å². The van der Waals surface area contributed by atoms with Gasteiger partial charge >= 0.3 is 0 Å². The molecule has 0 aliphatic rings. The van der Waals surface area contributed by atoms with E-state index in [0.29, 0.717) is 0 Å². The van der Waals surface area contributed by atoms with E-state index in [1.807, 2.05) is 39.0 Å². The number of allylic oxidation sites excluding steroid dienone is 1. The Morgan fingerprint density at radius 2 is 2.38 bits per heavy atom. The Morgan fingerprint density at radius 3 is 2.94 bits per heavy atom. The molecule has 1 N–H and O–H groups in total. The van der Waals surface area contributed by atoms with Crippen LogP contribution in [-0.4, -0.2) is 11.9 Å². The zero-order valence-electron chi connectivity index (χ0n) is 10.1. The van der Waals surface area contributed by atoms with Gasteiger partial charge in [-0.25, -0.2) is 0 Å². The van der Waals surface area contributed by atoms with Crippen LogP contribution in [-0.2, 0) is 11.2 Å². The minimum atomic E-state index is 0.000839. The predicted molar refractivity (Wildman–Crippen MR) is 64.1 cm³/mol. The van der Waals surface area contributed by atoms with Crippen molar-refractivity contribution in [2.45, 2.75) is 39.7 Å². The van der Waals surface area contributed by atoms with Crippen LogP contribution in [0.3, 0.4) is 0 Å². The maximum atomic E-state index is 11.7. The fourth-order valence-electron chi connectivity index (χ4n) is 1.52. The molecule has 0 bridgehead atoms. The number of nitrogens with one attached hydrogen (secondary N) is 1. The molecule has 1 aromatic rings. The first kappa shape index (κ1) is 12.6. The van der Waals surface area contributed by atoms with E-state index >= 15 is 0 Å². The second kappa shape index (κ2) is 6.16. The van der Waals surface area contributed by atoms with Gasteiger partial charge in [-0.05, 0) is 32.4 Å². The van der Waals surface area contributed by atoms with Crippen LogP contribution in [0.2, 0.25) is 0 Å². The zero-order valence-corrected chi connectivity index (χ0v) is 10.1. The summed E-state index contributed by atoms with van der Waals surface area (Å²) in [7, 11) is 0. The first-order valence-electron chi connectivity index (χ1n) is 5.63. The molecule has 0 unspecified atom stereocenters. The summed E-state index contributed by atoms with van der Waals surface area (Å²) in [5, 5.41) is 2.94. The fraction of sp³-hybridized carbons (Fsp3) is 0.462. The summed E-state index contributed by atoms with van der Waals surface area (Å²) in [6, 6.07) is 3.85. The van der Waals surface area contributed by atoms with Gasteiger partial charge in [0.2, 0.25) is 5.91 Å². The summed E-state index contributed by atoms with van der Waals surface area (Å²) in [4.78, 5) is 11.7. The summed E-state index contributed by atoms with van der Waals surface area (Å²) >= 11 is 0. The van der Waals surface area contributed by atoms with E-state index in [2.05, 4.69) is 5.32 Å². The van der Waals surface area contributed by atoms with Crippen LogP contribution in [0.4, 0.5) is 0 Å². The number of carbonyl (C=O) groups is 1. The van der Waals surface area contributed by atoms with Gasteiger partial charge in [-0.15, -0.1) is 0 Å². The Hall–Kier alpha value is -1.51. The Labute approximate surface area is 96.5 Å². The van der Waals surface area contributed by atoms with Gasteiger partial charge in [0.05, 0.1) is 6.26 Å². The van der Waals surface area contributed by atoms with E-state index in [4.69, 9.17) is 4.42 Å². The van der Waals surface area contributed by atoms with Crippen LogP contribution < -0.4 is 5.32 Å². The summed E-state index contributed by atoms with van der Waals surface area (Å²) in [5.41, 5.74) is 0.772. The highest BCUT2D eigenvalue weighted by Crippen LogP contribution is 2.04. The van der Waals surface area contributed by atoms with Gasteiger partial charge in [-0.3, -0.25) is 4.79 Å². The fourth-order valence-corrected chi connectivity index (χ4v) is 1.52. The third-order valence-electron chi connectivity index (χ3n) is 2.33. The first-order valence-corrected chi connectivity index (χ1v) is 5.63. The highest BCUT2D eigenvalue weighted by Gasteiger charge is 2.10. The highest BCUT2D eigenvalue weighted by molar-refractivity contribution is 5.92. The number of hydrogen-bond acceptors (Lipinski definition) is 2. The minimum Gasteiger partial charge on any atom is -0.469 e. The molecule has 88 valence electrons. The van der Waals surface area contributed by atoms with Crippen molar-refractivity contribution in [3.8, 4) is 0 Å². The van der Waals surface area contributed by atoms with Crippen molar-refractivity contribution >= 4 is 5.91 Å². The zero-order chi connectivity index (χ0) is 12.0. The number of rotatable bonds is 5. The van der Waals surface area contributed by atoms with E-state index in [0.717, 1.165) is 24.2 Å². The molecule has 0 saturated carbocycles. The molecule has 3 heteroatoms. The normalized spacial score (nSPS) is 13.6. The molecule has 0 aromatic carbocycles. The molecular formula is C13H19NO2. The number of amides is 1. The summed E-state index contributed by atoms with van der Waals surface area (Å²) < 4.78 is 5.23. The van der Waals surface area contributed by atoms with Crippen molar-refractivity contribution in [3.05, 3.63) is 35.8 Å². The van der Waals surface area contributed by atoms with E-state index in [9.17, 15) is 4.79 Å².